The molecule has 0 spiro atoms. The van der Waals surface area contributed by atoms with Gasteiger partial charge in [-0.25, -0.2) is 0 Å². The summed E-state index contributed by atoms with van der Waals surface area (Å²) in [5, 5.41) is 9.01. The van der Waals surface area contributed by atoms with Crippen LogP contribution in [0.2, 0.25) is 0 Å². The van der Waals surface area contributed by atoms with Crippen LogP contribution in [0.1, 0.15) is 5.56 Å². The van der Waals surface area contributed by atoms with Crippen LogP contribution in [0.15, 0.2) is 16.6 Å². The van der Waals surface area contributed by atoms with E-state index in [1.165, 1.54) is 0 Å². The normalized spacial score (nSPS) is 16.4. The summed E-state index contributed by atoms with van der Waals surface area (Å²) in [6, 6.07) is 3.92. The predicted molar refractivity (Wildman–Crippen MR) is 73.1 cm³/mol. The summed E-state index contributed by atoms with van der Waals surface area (Å²) in [4.78, 5) is 2.28. The van der Waals surface area contributed by atoms with E-state index in [0.29, 0.717) is 5.92 Å². The summed E-state index contributed by atoms with van der Waals surface area (Å²) in [6.45, 7) is 2.98. The van der Waals surface area contributed by atoms with Gasteiger partial charge >= 0.3 is 0 Å². The smallest absolute Gasteiger partial charge is 0.133 e. The van der Waals surface area contributed by atoms with E-state index in [0.717, 1.165) is 41.2 Å². The van der Waals surface area contributed by atoms with E-state index in [4.69, 9.17) is 14.6 Å². The molecule has 100 valence electrons. The average molecular weight is 316 g/mol. The molecule has 1 saturated heterocycles. The largest absolute Gasteiger partial charge is 0.496 e. The number of aliphatic hydroxyl groups excluding tert-OH is 1. The molecule has 0 aromatic heterocycles. The summed E-state index contributed by atoms with van der Waals surface area (Å²) in [6.07, 6.45) is 0. The Morgan fingerprint density at radius 2 is 1.94 bits per heavy atom. The zero-order valence-corrected chi connectivity index (χ0v) is 12.2. The van der Waals surface area contributed by atoms with Gasteiger partial charge in [-0.05, 0) is 28.1 Å². The summed E-state index contributed by atoms with van der Waals surface area (Å²) in [7, 11) is 3.33. The highest BCUT2D eigenvalue weighted by Gasteiger charge is 2.26. The van der Waals surface area contributed by atoms with Crippen LogP contribution in [0.3, 0.4) is 0 Å². The van der Waals surface area contributed by atoms with Crippen LogP contribution in [0, 0.1) is 5.92 Å². The Hall–Kier alpha value is -0.780. The zero-order chi connectivity index (χ0) is 13.1. The van der Waals surface area contributed by atoms with Gasteiger partial charge in [0.2, 0.25) is 0 Å². The van der Waals surface area contributed by atoms with Crippen molar-refractivity contribution >= 4 is 15.9 Å². The van der Waals surface area contributed by atoms with Crippen LogP contribution in [0.5, 0.6) is 11.5 Å². The maximum atomic E-state index is 9.01. The first-order chi connectivity index (χ1) is 8.67. The van der Waals surface area contributed by atoms with Gasteiger partial charge in [0, 0.05) is 37.7 Å². The van der Waals surface area contributed by atoms with Crippen LogP contribution in [-0.4, -0.2) is 43.9 Å². The molecule has 1 heterocycles. The van der Waals surface area contributed by atoms with E-state index < -0.39 is 0 Å². The summed E-state index contributed by atoms with van der Waals surface area (Å²) >= 11 is 3.45. The highest BCUT2D eigenvalue weighted by atomic mass is 79.9. The van der Waals surface area contributed by atoms with E-state index >= 15 is 0 Å². The summed E-state index contributed by atoms with van der Waals surface area (Å²) in [5.74, 6) is 2.09. The summed E-state index contributed by atoms with van der Waals surface area (Å²) in [5.41, 5.74) is 1.11. The lowest BCUT2D eigenvalue weighted by molar-refractivity contribution is 0.0473. The fourth-order valence-electron chi connectivity index (χ4n) is 2.21. The van der Waals surface area contributed by atoms with Crippen molar-refractivity contribution in [3.05, 3.63) is 22.2 Å². The van der Waals surface area contributed by atoms with Crippen molar-refractivity contribution in [3.63, 3.8) is 0 Å². The molecule has 4 nitrogen and oxygen atoms in total. The van der Waals surface area contributed by atoms with Gasteiger partial charge in [-0.15, -0.1) is 0 Å². The minimum atomic E-state index is 0.275. The van der Waals surface area contributed by atoms with Gasteiger partial charge in [-0.2, -0.15) is 0 Å². The second-order valence-electron chi connectivity index (χ2n) is 4.54. The van der Waals surface area contributed by atoms with Gasteiger partial charge in [0.05, 0.1) is 18.7 Å². The Labute approximate surface area is 116 Å². The highest BCUT2D eigenvalue weighted by molar-refractivity contribution is 9.10. The van der Waals surface area contributed by atoms with Gasteiger partial charge in [0.15, 0.2) is 0 Å². The highest BCUT2D eigenvalue weighted by Crippen LogP contribution is 2.34. The number of hydrogen-bond donors (Lipinski definition) is 1. The van der Waals surface area contributed by atoms with Crippen molar-refractivity contribution < 1.29 is 14.6 Å². The first-order valence-electron chi connectivity index (χ1n) is 5.91. The molecule has 2 rings (SSSR count). The molecule has 0 atom stereocenters. The molecule has 0 amide bonds. The lowest BCUT2D eigenvalue weighted by Crippen LogP contribution is -2.47. The Morgan fingerprint density at radius 1 is 1.28 bits per heavy atom. The molecule has 1 aliphatic rings. The molecule has 18 heavy (non-hydrogen) atoms. The molecule has 1 aromatic carbocycles. The van der Waals surface area contributed by atoms with Crippen molar-refractivity contribution in [1.82, 2.24) is 4.90 Å². The first-order valence-corrected chi connectivity index (χ1v) is 6.70. The number of ether oxygens (including phenoxy) is 2. The number of methoxy groups -OCH3 is 2. The second-order valence-corrected chi connectivity index (χ2v) is 5.40. The van der Waals surface area contributed by atoms with Gasteiger partial charge in [-0.1, -0.05) is 0 Å². The third kappa shape index (κ3) is 2.79. The molecule has 0 unspecified atom stereocenters. The van der Waals surface area contributed by atoms with E-state index in [9.17, 15) is 0 Å². The zero-order valence-electron chi connectivity index (χ0n) is 10.6. The molecular formula is C13H18BrNO3. The van der Waals surface area contributed by atoms with Gasteiger partial charge < -0.3 is 14.6 Å². The third-order valence-electron chi connectivity index (χ3n) is 3.24. The number of rotatable bonds is 5. The average Bonchev–Trinajstić information content (AvgIpc) is 2.34. The van der Waals surface area contributed by atoms with Crippen molar-refractivity contribution in [2.75, 3.05) is 33.9 Å². The number of nitrogens with zero attached hydrogens (tertiary/aromatic N) is 1. The Bertz CT molecular complexity index is 419. The molecule has 1 fully saturated rings. The fraction of sp³-hybridized carbons (Fsp3) is 0.538. The number of likely N-dealkylation sites (tertiary alicyclic amines) is 1. The van der Waals surface area contributed by atoms with Crippen LogP contribution in [-0.2, 0) is 6.54 Å². The van der Waals surface area contributed by atoms with E-state index in [1.807, 2.05) is 12.1 Å². The summed E-state index contributed by atoms with van der Waals surface area (Å²) < 4.78 is 11.6. The maximum Gasteiger partial charge on any atom is 0.133 e. The topological polar surface area (TPSA) is 41.9 Å². The molecule has 5 heteroatoms. The molecular weight excluding hydrogens is 298 g/mol. The van der Waals surface area contributed by atoms with Crippen molar-refractivity contribution in [3.8, 4) is 11.5 Å². The van der Waals surface area contributed by atoms with Gasteiger partial charge in [0.25, 0.3) is 0 Å². The molecule has 0 aliphatic carbocycles. The molecule has 1 aliphatic heterocycles. The van der Waals surface area contributed by atoms with E-state index in [-0.39, 0.29) is 6.61 Å². The van der Waals surface area contributed by atoms with Gasteiger partial charge in [0.1, 0.15) is 11.5 Å². The molecule has 0 radical (unpaired) electrons. The number of hydrogen-bond acceptors (Lipinski definition) is 4. The lowest BCUT2D eigenvalue weighted by atomic mass is 10.00. The predicted octanol–water partition coefficient (Wildman–Crippen LogP) is 1.89. The number of aliphatic hydroxyl groups is 1. The Kier molecular flexibility index (Phi) is 4.48. The first kappa shape index (κ1) is 13.6. The monoisotopic (exact) mass is 315 g/mol. The van der Waals surface area contributed by atoms with Crippen LogP contribution >= 0.6 is 15.9 Å². The van der Waals surface area contributed by atoms with Crippen molar-refractivity contribution in [2.45, 2.75) is 6.54 Å². The maximum absolute atomic E-state index is 9.01. The lowest BCUT2D eigenvalue weighted by Gasteiger charge is -2.38. The number of halogens is 1. The Balaban J connectivity index is 2.11. The minimum absolute atomic E-state index is 0.275. The third-order valence-corrected chi connectivity index (χ3v) is 3.86. The molecule has 0 bridgehead atoms. The molecule has 1 aromatic rings. The Morgan fingerprint density at radius 3 is 2.50 bits per heavy atom. The quantitative estimate of drug-likeness (QED) is 0.901. The fourth-order valence-corrected chi connectivity index (χ4v) is 2.69. The van der Waals surface area contributed by atoms with Crippen LogP contribution < -0.4 is 9.47 Å². The standard InChI is InChI=1S/C13H18BrNO3/c1-17-12-4-11(14)13(18-2)3-10(12)7-15-5-9(6-15)8-16/h3-4,9,16H,5-8H2,1-2H3. The minimum Gasteiger partial charge on any atom is -0.496 e. The van der Waals surface area contributed by atoms with E-state index in [1.54, 1.807) is 14.2 Å². The van der Waals surface area contributed by atoms with E-state index in [2.05, 4.69) is 20.8 Å². The molecule has 1 N–H and O–H groups in total. The second kappa shape index (κ2) is 5.91. The van der Waals surface area contributed by atoms with Crippen LogP contribution in [0.4, 0.5) is 0 Å². The van der Waals surface area contributed by atoms with Gasteiger partial charge in [-0.3, -0.25) is 4.90 Å². The van der Waals surface area contributed by atoms with Crippen molar-refractivity contribution in [1.29, 1.82) is 0 Å². The van der Waals surface area contributed by atoms with Crippen LogP contribution in [0.25, 0.3) is 0 Å². The van der Waals surface area contributed by atoms with Crippen molar-refractivity contribution in [2.24, 2.45) is 5.92 Å². The molecule has 0 saturated carbocycles. The number of benzene rings is 1. The SMILES string of the molecule is COc1cc(CN2CC(CO)C2)c(OC)cc1Br.